The Kier molecular flexibility index (Phi) is 2.74. The van der Waals surface area contributed by atoms with Crippen LogP contribution in [0.25, 0.3) is 10.9 Å². The number of ether oxygens (including phenoxy) is 1. The van der Waals surface area contributed by atoms with E-state index in [-0.39, 0.29) is 0 Å². The Balaban J connectivity index is 2.62. The van der Waals surface area contributed by atoms with E-state index >= 15 is 0 Å². The second-order valence-electron chi connectivity index (χ2n) is 3.65. The highest BCUT2D eigenvalue weighted by Crippen LogP contribution is 2.23. The van der Waals surface area contributed by atoms with Crippen LogP contribution in [0.4, 0.5) is 0 Å². The molecular formula is C13H12N2O. The van der Waals surface area contributed by atoms with Crippen LogP contribution in [0.15, 0.2) is 24.3 Å². The number of benzene rings is 1. The molecule has 0 radical (unpaired) electrons. The highest BCUT2D eigenvalue weighted by atomic mass is 16.5. The third kappa shape index (κ3) is 1.82. The molecule has 0 aliphatic carbocycles. The minimum absolute atomic E-state index is 0.349. The maximum atomic E-state index is 8.63. The van der Waals surface area contributed by atoms with Gasteiger partial charge in [0, 0.05) is 5.39 Å². The van der Waals surface area contributed by atoms with Crippen molar-refractivity contribution in [1.29, 1.82) is 5.26 Å². The van der Waals surface area contributed by atoms with Gasteiger partial charge in [0.15, 0.2) is 0 Å². The van der Waals surface area contributed by atoms with E-state index in [1.807, 2.05) is 31.2 Å². The van der Waals surface area contributed by atoms with Crippen molar-refractivity contribution in [2.75, 3.05) is 7.11 Å². The zero-order chi connectivity index (χ0) is 11.5. The first kappa shape index (κ1) is 10.4. The van der Waals surface area contributed by atoms with Crippen LogP contribution in [0, 0.1) is 18.3 Å². The highest BCUT2D eigenvalue weighted by Gasteiger charge is 2.03. The number of nitrogens with zero attached hydrogens (tertiary/aromatic N) is 2. The summed E-state index contributed by atoms with van der Waals surface area (Å²) < 4.78 is 5.20. The molecule has 1 aromatic heterocycles. The van der Waals surface area contributed by atoms with Crippen LogP contribution in [0.5, 0.6) is 5.75 Å². The van der Waals surface area contributed by atoms with E-state index in [0.717, 1.165) is 27.9 Å². The van der Waals surface area contributed by atoms with Gasteiger partial charge in [0.2, 0.25) is 0 Å². The lowest BCUT2D eigenvalue weighted by Gasteiger charge is -2.06. The fourth-order valence-corrected chi connectivity index (χ4v) is 1.72. The van der Waals surface area contributed by atoms with Gasteiger partial charge in [-0.2, -0.15) is 5.26 Å². The molecule has 0 spiro atoms. The maximum absolute atomic E-state index is 8.63. The average Bonchev–Trinajstić information content (AvgIpc) is 2.30. The van der Waals surface area contributed by atoms with Crippen LogP contribution in [0.3, 0.4) is 0 Å². The third-order valence-corrected chi connectivity index (χ3v) is 2.51. The molecule has 0 atom stereocenters. The van der Waals surface area contributed by atoms with Crippen molar-refractivity contribution in [2.45, 2.75) is 13.3 Å². The molecule has 0 unspecified atom stereocenters. The van der Waals surface area contributed by atoms with Crippen LogP contribution in [0.1, 0.15) is 11.3 Å². The normalized spacial score (nSPS) is 10.1. The summed E-state index contributed by atoms with van der Waals surface area (Å²) >= 11 is 0. The second-order valence-corrected chi connectivity index (χ2v) is 3.65. The molecule has 0 aliphatic heterocycles. The molecular weight excluding hydrogens is 200 g/mol. The van der Waals surface area contributed by atoms with Gasteiger partial charge in [0.1, 0.15) is 5.75 Å². The largest absolute Gasteiger partial charge is 0.497 e. The fraction of sp³-hybridized carbons (Fsp3) is 0.231. The Labute approximate surface area is 94.3 Å². The summed E-state index contributed by atoms with van der Waals surface area (Å²) in [6.07, 6.45) is 0.349. The van der Waals surface area contributed by atoms with Crippen molar-refractivity contribution < 1.29 is 4.74 Å². The predicted molar refractivity (Wildman–Crippen MR) is 62.3 cm³/mol. The number of methoxy groups -OCH3 is 1. The van der Waals surface area contributed by atoms with Crippen LogP contribution >= 0.6 is 0 Å². The number of pyridine rings is 1. The third-order valence-electron chi connectivity index (χ3n) is 2.51. The summed E-state index contributed by atoms with van der Waals surface area (Å²) in [5, 5.41) is 9.67. The number of fused-ring (bicyclic) bond motifs is 1. The van der Waals surface area contributed by atoms with E-state index in [4.69, 9.17) is 10.00 Å². The van der Waals surface area contributed by atoms with E-state index in [1.165, 1.54) is 0 Å². The summed E-state index contributed by atoms with van der Waals surface area (Å²) in [5.41, 5.74) is 2.81. The predicted octanol–water partition coefficient (Wildman–Crippen LogP) is 2.62. The Morgan fingerprint density at radius 1 is 1.38 bits per heavy atom. The fourth-order valence-electron chi connectivity index (χ4n) is 1.72. The molecule has 0 aliphatic rings. The molecule has 16 heavy (non-hydrogen) atoms. The summed E-state index contributed by atoms with van der Waals surface area (Å²) in [5.74, 6) is 0.833. The van der Waals surface area contributed by atoms with E-state index < -0.39 is 0 Å². The summed E-state index contributed by atoms with van der Waals surface area (Å²) in [6.45, 7) is 1.99. The molecule has 3 heteroatoms. The number of rotatable bonds is 2. The minimum Gasteiger partial charge on any atom is -0.497 e. The van der Waals surface area contributed by atoms with E-state index in [0.29, 0.717) is 6.42 Å². The van der Waals surface area contributed by atoms with Crippen LogP contribution < -0.4 is 4.74 Å². The van der Waals surface area contributed by atoms with Crippen LogP contribution in [0.2, 0.25) is 0 Å². The molecule has 1 heterocycles. The molecule has 3 nitrogen and oxygen atoms in total. The van der Waals surface area contributed by atoms with Gasteiger partial charge in [-0.25, -0.2) is 0 Å². The van der Waals surface area contributed by atoms with Gasteiger partial charge in [-0.05, 0) is 30.7 Å². The zero-order valence-corrected chi connectivity index (χ0v) is 9.32. The molecule has 2 aromatic rings. The molecule has 0 bridgehead atoms. The molecule has 0 saturated carbocycles. The lowest BCUT2D eigenvalue weighted by atomic mass is 10.1. The van der Waals surface area contributed by atoms with Gasteiger partial charge in [0.05, 0.1) is 30.8 Å². The smallest absolute Gasteiger partial charge is 0.119 e. The Morgan fingerprint density at radius 2 is 2.19 bits per heavy atom. The lowest BCUT2D eigenvalue weighted by molar-refractivity contribution is 0.415. The molecule has 1 aromatic carbocycles. The van der Waals surface area contributed by atoms with Crippen molar-refractivity contribution in [1.82, 2.24) is 4.98 Å². The average molecular weight is 212 g/mol. The lowest BCUT2D eigenvalue weighted by Crippen LogP contribution is -1.92. The summed E-state index contributed by atoms with van der Waals surface area (Å²) in [7, 11) is 1.65. The SMILES string of the molecule is COc1cc(C)c2nc(CC#N)ccc2c1. The first-order valence-corrected chi connectivity index (χ1v) is 5.06. The Bertz CT molecular complexity index is 570. The van der Waals surface area contributed by atoms with E-state index in [1.54, 1.807) is 7.11 Å². The first-order valence-electron chi connectivity index (χ1n) is 5.06. The molecule has 80 valence electrons. The van der Waals surface area contributed by atoms with Crippen LogP contribution in [-0.2, 0) is 6.42 Å². The standard InChI is InChI=1S/C13H12N2O/c1-9-7-12(16-2)8-10-3-4-11(5-6-14)15-13(9)10/h3-4,7-8H,5H2,1-2H3. The summed E-state index contributed by atoms with van der Waals surface area (Å²) in [4.78, 5) is 4.46. The van der Waals surface area contributed by atoms with Gasteiger partial charge < -0.3 is 4.74 Å². The maximum Gasteiger partial charge on any atom is 0.119 e. The van der Waals surface area contributed by atoms with Gasteiger partial charge in [0.25, 0.3) is 0 Å². The molecule has 2 rings (SSSR count). The minimum atomic E-state index is 0.349. The highest BCUT2D eigenvalue weighted by molar-refractivity contribution is 5.83. The Hall–Kier alpha value is -2.08. The van der Waals surface area contributed by atoms with Crippen molar-refractivity contribution in [3.8, 4) is 11.8 Å². The monoisotopic (exact) mass is 212 g/mol. The number of aryl methyl sites for hydroxylation is 1. The molecule has 0 saturated heterocycles. The quantitative estimate of drug-likeness (QED) is 0.768. The molecule has 0 N–H and O–H groups in total. The van der Waals surface area contributed by atoms with E-state index in [2.05, 4.69) is 11.1 Å². The number of hydrogen-bond acceptors (Lipinski definition) is 3. The molecule has 0 fully saturated rings. The van der Waals surface area contributed by atoms with Crippen molar-refractivity contribution >= 4 is 10.9 Å². The van der Waals surface area contributed by atoms with Gasteiger partial charge in [-0.1, -0.05) is 6.07 Å². The van der Waals surface area contributed by atoms with Gasteiger partial charge in [-0.15, -0.1) is 0 Å². The van der Waals surface area contributed by atoms with Crippen molar-refractivity contribution in [3.63, 3.8) is 0 Å². The van der Waals surface area contributed by atoms with Crippen molar-refractivity contribution in [2.24, 2.45) is 0 Å². The van der Waals surface area contributed by atoms with E-state index in [9.17, 15) is 0 Å². The number of hydrogen-bond donors (Lipinski definition) is 0. The number of aromatic nitrogens is 1. The summed E-state index contributed by atoms with van der Waals surface area (Å²) in [6, 6.07) is 9.86. The first-order chi connectivity index (χ1) is 7.74. The Morgan fingerprint density at radius 3 is 2.88 bits per heavy atom. The zero-order valence-electron chi connectivity index (χ0n) is 9.32. The number of nitriles is 1. The van der Waals surface area contributed by atoms with Crippen molar-refractivity contribution in [3.05, 3.63) is 35.5 Å². The van der Waals surface area contributed by atoms with Crippen LogP contribution in [-0.4, -0.2) is 12.1 Å². The second kappa shape index (κ2) is 4.19. The van der Waals surface area contributed by atoms with Gasteiger partial charge >= 0.3 is 0 Å². The van der Waals surface area contributed by atoms with Gasteiger partial charge in [-0.3, -0.25) is 4.98 Å². The molecule has 0 amide bonds. The topological polar surface area (TPSA) is 45.9 Å².